The molecule has 0 aromatic heterocycles. The van der Waals surface area contributed by atoms with Crippen LogP contribution in [0.4, 0.5) is 0 Å². The molecule has 0 aliphatic rings. The average molecular weight is 240 g/mol. The van der Waals surface area contributed by atoms with Crippen LogP contribution < -0.4 is 5.32 Å². The molecule has 0 aliphatic carbocycles. The van der Waals surface area contributed by atoms with Gasteiger partial charge in [-0.3, -0.25) is 0 Å². The topological polar surface area (TPSA) is 56.0 Å². The molecule has 100 valence electrons. The minimum absolute atomic E-state index is 0.201. The highest BCUT2D eigenvalue weighted by molar-refractivity contribution is 4.91. The Morgan fingerprint density at radius 3 is 2.35 bits per heavy atom. The van der Waals surface area contributed by atoms with Crippen molar-refractivity contribution in [3.05, 3.63) is 0 Å². The Bertz CT molecular complexity index is 241. The lowest BCUT2D eigenvalue weighted by Gasteiger charge is -2.23. The molecule has 0 fully saturated rings. The molecule has 3 heteroatoms. The van der Waals surface area contributed by atoms with Crippen molar-refractivity contribution in [3.63, 3.8) is 0 Å². The molecular formula is C14H28N2O. The normalized spacial score (nSPS) is 15.3. The fourth-order valence-corrected chi connectivity index (χ4v) is 1.86. The minimum Gasteiger partial charge on any atom is -0.389 e. The van der Waals surface area contributed by atoms with Crippen LogP contribution in [0.15, 0.2) is 0 Å². The minimum atomic E-state index is -0.583. The molecule has 0 spiro atoms. The first-order valence-corrected chi connectivity index (χ1v) is 6.67. The number of hydrogen-bond donors (Lipinski definition) is 2. The van der Waals surface area contributed by atoms with Gasteiger partial charge in [-0.25, -0.2) is 0 Å². The second-order valence-corrected chi connectivity index (χ2v) is 5.88. The number of nitriles is 1. The number of nitrogens with zero attached hydrogens (tertiary/aromatic N) is 1. The monoisotopic (exact) mass is 240 g/mol. The van der Waals surface area contributed by atoms with Gasteiger partial charge in [0.2, 0.25) is 0 Å². The maximum absolute atomic E-state index is 9.93. The van der Waals surface area contributed by atoms with E-state index in [-0.39, 0.29) is 5.41 Å². The lowest BCUT2D eigenvalue weighted by atomic mass is 9.89. The summed E-state index contributed by atoms with van der Waals surface area (Å²) in [6.45, 7) is 9.49. The van der Waals surface area contributed by atoms with E-state index >= 15 is 0 Å². The Kier molecular flexibility index (Phi) is 7.41. The summed E-state index contributed by atoms with van der Waals surface area (Å²) in [4.78, 5) is 0. The van der Waals surface area contributed by atoms with Gasteiger partial charge in [-0.05, 0) is 46.6 Å². The summed E-state index contributed by atoms with van der Waals surface area (Å²) >= 11 is 0. The second kappa shape index (κ2) is 7.68. The highest BCUT2D eigenvalue weighted by Crippen LogP contribution is 2.21. The van der Waals surface area contributed by atoms with Gasteiger partial charge in [-0.15, -0.1) is 0 Å². The van der Waals surface area contributed by atoms with Crippen molar-refractivity contribution >= 4 is 0 Å². The molecule has 0 radical (unpaired) electrons. The van der Waals surface area contributed by atoms with Crippen molar-refractivity contribution in [2.24, 2.45) is 5.41 Å². The van der Waals surface area contributed by atoms with Crippen molar-refractivity contribution in [1.82, 2.24) is 5.32 Å². The van der Waals surface area contributed by atoms with E-state index in [1.165, 1.54) is 0 Å². The predicted molar refractivity (Wildman–Crippen MR) is 71.6 cm³/mol. The van der Waals surface area contributed by atoms with Crippen molar-refractivity contribution in [1.29, 1.82) is 5.26 Å². The van der Waals surface area contributed by atoms with Crippen molar-refractivity contribution in [2.75, 3.05) is 13.1 Å². The zero-order chi connectivity index (χ0) is 13.4. The summed E-state index contributed by atoms with van der Waals surface area (Å²) in [5.74, 6) is 0. The van der Waals surface area contributed by atoms with E-state index in [4.69, 9.17) is 5.26 Å². The molecule has 0 aromatic rings. The van der Waals surface area contributed by atoms with Crippen LogP contribution in [0.25, 0.3) is 0 Å². The molecular weight excluding hydrogens is 212 g/mol. The Morgan fingerprint density at radius 2 is 1.82 bits per heavy atom. The largest absolute Gasteiger partial charge is 0.389 e. The molecule has 1 atom stereocenters. The summed E-state index contributed by atoms with van der Waals surface area (Å²) in [6, 6.07) is 2.31. The number of aliphatic hydroxyl groups is 1. The van der Waals surface area contributed by atoms with Gasteiger partial charge in [0.1, 0.15) is 0 Å². The number of unbranched alkanes of at least 4 members (excludes halogenated alkanes) is 1. The zero-order valence-corrected chi connectivity index (χ0v) is 11.8. The molecule has 0 rings (SSSR count). The first-order valence-electron chi connectivity index (χ1n) is 6.67. The Labute approximate surface area is 106 Å². The van der Waals surface area contributed by atoms with E-state index in [0.29, 0.717) is 6.54 Å². The summed E-state index contributed by atoms with van der Waals surface area (Å²) in [5, 5.41) is 22.1. The van der Waals surface area contributed by atoms with E-state index in [0.717, 1.165) is 38.6 Å². The van der Waals surface area contributed by atoms with Crippen LogP contribution >= 0.6 is 0 Å². The highest BCUT2D eigenvalue weighted by atomic mass is 16.3. The SMILES string of the molecule is CCCC(C)(O)CNCCCCC(C)(C)C#N. The highest BCUT2D eigenvalue weighted by Gasteiger charge is 2.18. The number of rotatable bonds is 9. The Balaban J connectivity index is 3.51. The van der Waals surface area contributed by atoms with Gasteiger partial charge in [0, 0.05) is 6.54 Å². The first-order chi connectivity index (χ1) is 7.83. The molecule has 0 saturated heterocycles. The Morgan fingerprint density at radius 1 is 1.18 bits per heavy atom. The van der Waals surface area contributed by atoms with Gasteiger partial charge in [0.15, 0.2) is 0 Å². The summed E-state index contributed by atoms with van der Waals surface area (Å²) in [6.07, 6.45) is 4.90. The standard InChI is InChI=1S/C14H28N2O/c1-5-8-14(4,17)12-16-10-7-6-9-13(2,3)11-15/h16-17H,5-10,12H2,1-4H3. The zero-order valence-electron chi connectivity index (χ0n) is 11.8. The smallest absolute Gasteiger partial charge is 0.0743 e. The molecule has 0 aromatic carbocycles. The van der Waals surface area contributed by atoms with Crippen LogP contribution in [0.1, 0.15) is 59.8 Å². The van der Waals surface area contributed by atoms with Crippen LogP contribution in [-0.2, 0) is 0 Å². The number of nitrogens with one attached hydrogen (secondary N) is 1. The summed E-state index contributed by atoms with van der Waals surface area (Å²) < 4.78 is 0. The molecule has 1 unspecified atom stereocenters. The van der Waals surface area contributed by atoms with Crippen LogP contribution in [0.2, 0.25) is 0 Å². The molecule has 2 N–H and O–H groups in total. The summed E-state index contributed by atoms with van der Waals surface area (Å²) in [5.41, 5.74) is -0.783. The molecule has 3 nitrogen and oxygen atoms in total. The maximum Gasteiger partial charge on any atom is 0.0743 e. The molecule has 17 heavy (non-hydrogen) atoms. The van der Waals surface area contributed by atoms with E-state index in [2.05, 4.69) is 18.3 Å². The van der Waals surface area contributed by atoms with Crippen molar-refractivity contribution < 1.29 is 5.11 Å². The molecule has 0 saturated carbocycles. The quantitative estimate of drug-likeness (QED) is 0.609. The third-order valence-electron chi connectivity index (χ3n) is 3.00. The van der Waals surface area contributed by atoms with E-state index in [1.807, 2.05) is 20.8 Å². The predicted octanol–water partition coefficient (Wildman–Crippen LogP) is 2.85. The summed E-state index contributed by atoms with van der Waals surface area (Å²) in [7, 11) is 0. The lowest BCUT2D eigenvalue weighted by Crippen LogP contribution is -2.38. The van der Waals surface area contributed by atoms with E-state index in [9.17, 15) is 5.11 Å². The first kappa shape index (κ1) is 16.4. The average Bonchev–Trinajstić information content (AvgIpc) is 2.23. The third kappa shape index (κ3) is 9.14. The van der Waals surface area contributed by atoms with Gasteiger partial charge in [-0.2, -0.15) is 5.26 Å². The number of hydrogen-bond acceptors (Lipinski definition) is 3. The van der Waals surface area contributed by atoms with E-state index < -0.39 is 5.60 Å². The molecule has 0 bridgehead atoms. The van der Waals surface area contributed by atoms with Gasteiger partial charge >= 0.3 is 0 Å². The third-order valence-corrected chi connectivity index (χ3v) is 3.00. The van der Waals surface area contributed by atoms with Crippen molar-refractivity contribution in [2.45, 2.75) is 65.4 Å². The fourth-order valence-electron chi connectivity index (χ4n) is 1.86. The van der Waals surface area contributed by atoms with Crippen LogP contribution in [0.5, 0.6) is 0 Å². The Hall–Kier alpha value is -0.590. The van der Waals surface area contributed by atoms with Crippen molar-refractivity contribution in [3.8, 4) is 6.07 Å². The molecule has 0 heterocycles. The van der Waals surface area contributed by atoms with Crippen LogP contribution in [-0.4, -0.2) is 23.8 Å². The maximum atomic E-state index is 9.93. The van der Waals surface area contributed by atoms with Crippen LogP contribution in [0, 0.1) is 16.7 Å². The van der Waals surface area contributed by atoms with Gasteiger partial charge < -0.3 is 10.4 Å². The lowest BCUT2D eigenvalue weighted by molar-refractivity contribution is 0.0501. The second-order valence-electron chi connectivity index (χ2n) is 5.88. The van der Waals surface area contributed by atoms with E-state index in [1.54, 1.807) is 0 Å². The molecule has 0 aliphatic heterocycles. The van der Waals surface area contributed by atoms with Crippen LogP contribution in [0.3, 0.4) is 0 Å². The molecule has 0 amide bonds. The fraction of sp³-hybridized carbons (Fsp3) is 0.929. The van der Waals surface area contributed by atoms with Gasteiger partial charge in [0.25, 0.3) is 0 Å². The van der Waals surface area contributed by atoms with Gasteiger partial charge in [-0.1, -0.05) is 19.8 Å². The van der Waals surface area contributed by atoms with Gasteiger partial charge in [0.05, 0.1) is 17.1 Å².